The van der Waals surface area contributed by atoms with Crippen LogP contribution in [-0.2, 0) is 14.9 Å². The number of hydrogen-bond acceptors (Lipinski definition) is 5. The van der Waals surface area contributed by atoms with Crippen molar-refractivity contribution in [1.29, 1.82) is 0 Å². The van der Waals surface area contributed by atoms with Crippen molar-refractivity contribution in [2.45, 2.75) is 51.4 Å². The normalized spacial score (nSPS) is 22.1. The maximum Gasteiger partial charge on any atom is 0.514 e. The monoisotopic (exact) mass is 407 g/mol. The molecule has 1 fully saturated rings. The fraction of sp³-hybridized carbons (Fsp3) is 0.400. The van der Waals surface area contributed by atoms with Gasteiger partial charge in [0.25, 0.3) is 0 Å². The van der Waals surface area contributed by atoms with Gasteiger partial charge in [-0.25, -0.2) is 4.79 Å². The molecule has 30 heavy (non-hydrogen) atoms. The molecule has 5 heteroatoms. The van der Waals surface area contributed by atoms with E-state index in [1.54, 1.807) is 32.9 Å². The van der Waals surface area contributed by atoms with Crippen LogP contribution in [0.4, 0.5) is 10.5 Å². The van der Waals surface area contributed by atoms with E-state index in [0.29, 0.717) is 12.4 Å². The minimum atomic E-state index is -0.704. The molecule has 1 unspecified atom stereocenters. The van der Waals surface area contributed by atoms with Gasteiger partial charge in [-0.2, -0.15) is 0 Å². The first kappa shape index (κ1) is 20.5. The molecule has 1 saturated heterocycles. The van der Waals surface area contributed by atoms with Crippen LogP contribution in [0.15, 0.2) is 54.6 Å². The maximum atomic E-state index is 11.8. The summed E-state index contributed by atoms with van der Waals surface area (Å²) in [6.07, 6.45) is 3.53. The van der Waals surface area contributed by atoms with Crippen molar-refractivity contribution in [2.24, 2.45) is 0 Å². The van der Waals surface area contributed by atoms with Gasteiger partial charge in [-0.05, 0) is 56.2 Å². The summed E-state index contributed by atoms with van der Waals surface area (Å²) < 4.78 is 16.8. The van der Waals surface area contributed by atoms with Gasteiger partial charge in [0.1, 0.15) is 11.4 Å². The number of anilines is 1. The summed E-state index contributed by atoms with van der Waals surface area (Å²) in [5.41, 5.74) is 2.26. The third kappa shape index (κ3) is 3.47. The van der Waals surface area contributed by atoms with Crippen LogP contribution in [0.5, 0.6) is 5.75 Å². The van der Waals surface area contributed by atoms with Crippen LogP contribution in [0.1, 0.15) is 45.7 Å². The molecule has 2 aromatic rings. The highest BCUT2D eigenvalue weighted by Gasteiger charge is 2.58. The quantitative estimate of drug-likeness (QED) is 0.494. The Bertz CT molecular complexity index is 971. The van der Waals surface area contributed by atoms with E-state index >= 15 is 0 Å². The number of fused-ring (bicyclic) bond motifs is 3. The Morgan fingerprint density at radius 3 is 2.50 bits per heavy atom. The van der Waals surface area contributed by atoms with E-state index in [-0.39, 0.29) is 5.41 Å². The Hall–Kier alpha value is -2.79. The Balaban J connectivity index is 1.53. The number of ether oxygens (including phenoxy) is 3. The number of hydrogen-bond donors (Lipinski definition) is 0. The molecule has 4 rings (SSSR count). The van der Waals surface area contributed by atoms with E-state index < -0.39 is 17.5 Å². The van der Waals surface area contributed by atoms with Crippen LogP contribution in [0, 0.1) is 0 Å². The fourth-order valence-corrected chi connectivity index (χ4v) is 4.35. The number of carbonyl (C=O) groups is 1. The lowest BCUT2D eigenvalue weighted by molar-refractivity contribution is 0.000335. The van der Waals surface area contributed by atoms with Crippen LogP contribution in [0.3, 0.4) is 0 Å². The molecule has 0 N–H and O–H groups in total. The van der Waals surface area contributed by atoms with E-state index in [1.807, 2.05) is 12.1 Å². The fourth-order valence-electron chi connectivity index (χ4n) is 4.35. The first-order valence-electron chi connectivity index (χ1n) is 10.3. The van der Waals surface area contributed by atoms with Crippen molar-refractivity contribution in [3.8, 4) is 5.75 Å². The minimum absolute atomic E-state index is 0.184. The Labute approximate surface area is 178 Å². The van der Waals surface area contributed by atoms with E-state index in [9.17, 15) is 4.79 Å². The highest BCUT2D eigenvalue weighted by Crippen LogP contribution is 2.54. The SMILES string of the molecule is CC(C)(C)OC(=O)Oc1ccc(/C=C/C23OCCN2c2ccccc2C3(C)C)cc1. The molecule has 0 aliphatic carbocycles. The van der Waals surface area contributed by atoms with Gasteiger partial charge >= 0.3 is 6.16 Å². The van der Waals surface area contributed by atoms with Gasteiger partial charge in [0.15, 0.2) is 5.72 Å². The summed E-state index contributed by atoms with van der Waals surface area (Å²) >= 11 is 0. The van der Waals surface area contributed by atoms with Crippen molar-refractivity contribution in [1.82, 2.24) is 0 Å². The topological polar surface area (TPSA) is 48.0 Å². The third-order valence-corrected chi connectivity index (χ3v) is 5.77. The van der Waals surface area contributed by atoms with Crippen molar-refractivity contribution < 1.29 is 19.0 Å². The van der Waals surface area contributed by atoms with E-state index in [2.05, 4.69) is 55.2 Å². The van der Waals surface area contributed by atoms with Gasteiger partial charge in [0.05, 0.1) is 6.61 Å². The van der Waals surface area contributed by atoms with Crippen molar-refractivity contribution in [2.75, 3.05) is 18.1 Å². The maximum absolute atomic E-state index is 11.8. The average Bonchev–Trinajstić information content (AvgIpc) is 3.18. The molecule has 5 nitrogen and oxygen atoms in total. The van der Waals surface area contributed by atoms with Crippen LogP contribution >= 0.6 is 0 Å². The Kier molecular flexibility index (Phi) is 4.89. The number of benzene rings is 2. The molecule has 158 valence electrons. The van der Waals surface area contributed by atoms with Gasteiger partial charge < -0.3 is 19.1 Å². The van der Waals surface area contributed by atoms with Crippen LogP contribution in [0.25, 0.3) is 6.08 Å². The summed E-state index contributed by atoms with van der Waals surface area (Å²) in [4.78, 5) is 14.2. The smallest absolute Gasteiger partial charge is 0.428 e. The van der Waals surface area contributed by atoms with Crippen LogP contribution in [-0.4, -0.2) is 30.6 Å². The van der Waals surface area contributed by atoms with E-state index in [1.165, 1.54) is 11.3 Å². The van der Waals surface area contributed by atoms with E-state index in [4.69, 9.17) is 14.2 Å². The summed E-state index contributed by atoms with van der Waals surface area (Å²) in [5, 5.41) is 0. The predicted octanol–water partition coefficient (Wildman–Crippen LogP) is 5.54. The highest BCUT2D eigenvalue weighted by atomic mass is 16.7. The van der Waals surface area contributed by atoms with Crippen LogP contribution < -0.4 is 9.64 Å². The highest BCUT2D eigenvalue weighted by molar-refractivity contribution is 5.70. The largest absolute Gasteiger partial charge is 0.514 e. The summed E-state index contributed by atoms with van der Waals surface area (Å²) in [7, 11) is 0. The van der Waals surface area contributed by atoms with Gasteiger partial charge in [0, 0.05) is 17.6 Å². The van der Waals surface area contributed by atoms with Gasteiger partial charge in [0.2, 0.25) is 0 Å². The lowest BCUT2D eigenvalue weighted by Crippen LogP contribution is -2.51. The average molecular weight is 408 g/mol. The molecular weight excluding hydrogens is 378 g/mol. The molecule has 2 aliphatic rings. The van der Waals surface area contributed by atoms with E-state index in [0.717, 1.165) is 12.1 Å². The number of rotatable bonds is 3. The Morgan fingerprint density at radius 2 is 1.80 bits per heavy atom. The molecule has 2 aliphatic heterocycles. The van der Waals surface area contributed by atoms with Crippen LogP contribution in [0.2, 0.25) is 0 Å². The number of carbonyl (C=O) groups excluding carboxylic acids is 1. The third-order valence-electron chi connectivity index (χ3n) is 5.77. The molecule has 0 radical (unpaired) electrons. The summed E-state index contributed by atoms with van der Waals surface area (Å²) in [6.45, 7) is 11.5. The molecule has 1 atom stereocenters. The molecule has 0 spiro atoms. The number of nitrogens with zero attached hydrogens (tertiary/aromatic N) is 1. The van der Waals surface area contributed by atoms with Gasteiger partial charge in [-0.1, -0.05) is 50.3 Å². The summed E-state index contributed by atoms with van der Waals surface area (Å²) in [6, 6.07) is 15.9. The molecule has 0 saturated carbocycles. The molecule has 0 amide bonds. The van der Waals surface area contributed by atoms with Crippen molar-refractivity contribution >= 4 is 17.9 Å². The molecule has 2 aromatic carbocycles. The lowest BCUT2D eigenvalue weighted by atomic mass is 9.77. The zero-order valence-electron chi connectivity index (χ0n) is 18.3. The Morgan fingerprint density at radius 1 is 1.10 bits per heavy atom. The van der Waals surface area contributed by atoms with Gasteiger partial charge in [-0.15, -0.1) is 0 Å². The zero-order chi connectivity index (χ0) is 21.6. The second-order valence-electron chi connectivity index (χ2n) is 9.31. The van der Waals surface area contributed by atoms with Crippen molar-refractivity contribution in [3.05, 3.63) is 65.7 Å². The minimum Gasteiger partial charge on any atom is -0.428 e. The molecular formula is C25H29NO4. The molecule has 0 aromatic heterocycles. The second-order valence-corrected chi connectivity index (χ2v) is 9.31. The standard InChI is InChI=1S/C25H29NO4/c1-23(2,3)30-22(27)29-19-12-10-18(11-13-19)14-15-25-24(4,5)20-8-6-7-9-21(20)26(25)16-17-28-25/h6-15H,16-17H2,1-5H3/b15-14+. The van der Waals surface area contributed by atoms with Gasteiger partial charge in [-0.3, -0.25) is 0 Å². The first-order valence-corrected chi connectivity index (χ1v) is 10.3. The zero-order valence-corrected chi connectivity index (χ0v) is 18.3. The lowest BCUT2D eigenvalue weighted by Gasteiger charge is -2.39. The molecule has 2 heterocycles. The summed E-state index contributed by atoms with van der Waals surface area (Å²) in [5.74, 6) is 0.451. The van der Waals surface area contributed by atoms with Crippen molar-refractivity contribution in [3.63, 3.8) is 0 Å². The second kappa shape index (κ2) is 7.17. The predicted molar refractivity (Wildman–Crippen MR) is 118 cm³/mol. The number of para-hydroxylation sites is 1. The molecule has 0 bridgehead atoms. The first-order chi connectivity index (χ1) is 14.1.